The van der Waals surface area contributed by atoms with E-state index in [0.29, 0.717) is 25.7 Å². The van der Waals surface area contributed by atoms with Gasteiger partial charge in [0.1, 0.15) is 66.3 Å². The summed E-state index contributed by atoms with van der Waals surface area (Å²) < 4.78 is 38.6. The summed E-state index contributed by atoms with van der Waals surface area (Å²) in [7, 11) is 18.7. The van der Waals surface area contributed by atoms with Gasteiger partial charge in [-0.1, -0.05) is 13.8 Å². The lowest BCUT2D eigenvalue weighted by Gasteiger charge is -2.24. The number of hydrogen-bond acceptors (Lipinski definition) is 12. The van der Waals surface area contributed by atoms with Crippen LogP contribution in [-0.2, 0) is 42.7 Å². The Balaban J connectivity index is 0.000000257. The Bertz CT molecular complexity index is 908. The van der Waals surface area contributed by atoms with Crippen LogP contribution < -0.4 is 5.32 Å². The van der Waals surface area contributed by atoms with Gasteiger partial charge in [-0.25, -0.2) is 0 Å². The summed E-state index contributed by atoms with van der Waals surface area (Å²) in [6.45, 7) is 5.97. The van der Waals surface area contributed by atoms with Gasteiger partial charge in [0.15, 0.2) is 0 Å². The van der Waals surface area contributed by atoms with Crippen LogP contribution in [-0.4, -0.2) is 156 Å². The molecule has 0 aliphatic carbocycles. The van der Waals surface area contributed by atoms with Crippen LogP contribution in [0.25, 0.3) is 0 Å². The van der Waals surface area contributed by atoms with E-state index in [4.69, 9.17) is 56.7 Å². The number of aliphatic hydroxyl groups excluding tert-OH is 3. The molecule has 4 aliphatic heterocycles. The van der Waals surface area contributed by atoms with Crippen molar-refractivity contribution in [2.45, 2.75) is 144 Å². The fourth-order valence-electron chi connectivity index (χ4n) is 5.68. The smallest absolute Gasteiger partial charge is 0.306 e. The van der Waals surface area contributed by atoms with Crippen molar-refractivity contribution in [3.05, 3.63) is 0 Å². The summed E-state index contributed by atoms with van der Waals surface area (Å²) in [5.74, 6) is -0.666. The highest BCUT2D eigenvalue weighted by Crippen LogP contribution is 2.29. The number of rotatable bonds is 12. The van der Waals surface area contributed by atoms with Crippen LogP contribution in [0.1, 0.15) is 59.3 Å². The number of hydrogen-bond donors (Lipinski definition) is 4. The molecule has 0 spiro atoms. The minimum absolute atomic E-state index is 0.0103. The maximum atomic E-state index is 11.9. The van der Waals surface area contributed by atoms with E-state index in [0.717, 1.165) is 0 Å². The van der Waals surface area contributed by atoms with E-state index < -0.39 is 72.8 Å². The quantitative estimate of drug-likeness (QED) is 0.145. The lowest BCUT2D eigenvalue weighted by Crippen LogP contribution is -2.39. The van der Waals surface area contributed by atoms with Gasteiger partial charge in [-0.15, -0.1) is 0 Å². The second-order valence-electron chi connectivity index (χ2n) is 11.6. The van der Waals surface area contributed by atoms with E-state index in [-0.39, 0.29) is 50.3 Å². The Kier molecular flexibility index (Phi) is 14.9. The summed E-state index contributed by atoms with van der Waals surface area (Å²) in [5, 5.41) is 32.3. The molecule has 4 aliphatic rings. The zero-order valence-corrected chi connectivity index (χ0v) is 26.0. The summed E-state index contributed by atoms with van der Waals surface area (Å²) in [5.41, 5.74) is 0. The molecule has 4 saturated heterocycles. The zero-order chi connectivity index (χ0) is 32.6. The largest absolute Gasteiger partial charge is 0.459 e. The third-order valence-corrected chi connectivity index (χ3v) is 8.21. The standard InChI is InChI=1S/C17H28BNO7.C11H18B2O5/c1-4-10-15(22)16(17(18)26-10)23-8-12-11(7-9(2)24-12)25-14(21)6-5-13(20)19-3;1-2-6-9(15)10(11(13)18-6)16-4-7-5(14)3-8(12)17-7/h9-12,15-17,22H,4-8H2,1-3H3,(H,19,20);5-11,14-15H,2-4H2,1H3/t9-,10+,11?,12+,15?,16-,17+;5?,6-,7-,8-,9?,10+,11-/m01/s1. The van der Waals surface area contributed by atoms with Gasteiger partial charge in [-0.2, -0.15) is 0 Å². The first kappa shape index (κ1) is 37.2. The highest BCUT2D eigenvalue weighted by atomic mass is 16.6. The Morgan fingerprint density at radius 2 is 1.34 bits per heavy atom. The monoisotopic (exact) mass is 621 g/mol. The van der Waals surface area contributed by atoms with Crippen LogP contribution in [0.15, 0.2) is 0 Å². The Morgan fingerprint density at radius 3 is 1.80 bits per heavy atom. The van der Waals surface area contributed by atoms with Crippen LogP contribution in [0.2, 0.25) is 0 Å². The first-order valence-electron chi connectivity index (χ1n) is 15.4. The van der Waals surface area contributed by atoms with Gasteiger partial charge < -0.3 is 53.8 Å². The van der Waals surface area contributed by atoms with Gasteiger partial charge in [-0.05, 0) is 26.2 Å². The number of nitrogens with one attached hydrogen (secondary N) is 1. The zero-order valence-electron chi connectivity index (χ0n) is 26.0. The average Bonchev–Trinajstić information content (AvgIpc) is 3.67. The van der Waals surface area contributed by atoms with Crippen molar-refractivity contribution >= 4 is 35.4 Å². The molecular weight excluding hydrogens is 575 g/mol. The molecule has 16 heteroatoms. The van der Waals surface area contributed by atoms with E-state index in [1.54, 1.807) is 0 Å². The van der Waals surface area contributed by atoms with Crippen LogP contribution in [0, 0.1) is 0 Å². The normalized spacial score (nSPS) is 41.7. The van der Waals surface area contributed by atoms with Crippen molar-refractivity contribution in [1.29, 1.82) is 0 Å². The van der Waals surface area contributed by atoms with Crippen molar-refractivity contribution in [3.8, 4) is 0 Å². The molecule has 0 aromatic carbocycles. The lowest BCUT2D eigenvalue weighted by molar-refractivity contribution is -0.156. The average molecular weight is 621 g/mol. The minimum Gasteiger partial charge on any atom is -0.459 e. The van der Waals surface area contributed by atoms with Gasteiger partial charge in [0.25, 0.3) is 0 Å². The molecular formula is C28H46B3NO12. The Morgan fingerprint density at radius 1 is 0.795 bits per heavy atom. The van der Waals surface area contributed by atoms with Crippen molar-refractivity contribution in [2.24, 2.45) is 0 Å². The second kappa shape index (κ2) is 17.6. The maximum absolute atomic E-state index is 11.9. The Hall–Kier alpha value is -1.23. The highest BCUT2D eigenvalue weighted by Gasteiger charge is 2.44. The third kappa shape index (κ3) is 10.1. The summed E-state index contributed by atoms with van der Waals surface area (Å²) in [4.78, 5) is 23.2. The maximum Gasteiger partial charge on any atom is 0.306 e. The molecule has 13 nitrogen and oxygen atoms in total. The van der Waals surface area contributed by atoms with E-state index in [1.165, 1.54) is 7.05 Å². The van der Waals surface area contributed by atoms with E-state index in [9.17, 15) is 24.9 Å². The molecule has 244 valence electrons. The number of carbonyl (C=O) groups is 2. The second-order valence-corrected chi connectivity index (χ2v) is 11.6. The van der Waals surface area contributed by atoms with Gasteiger partial charge in [0.2, 0.25) is 5.91 Å². The summed E-state index contributed by atoms with van der Waals surface area (Å²) >= 11 is 0. The molecule has 44 heavy (non-hydrogen) atoms. The van der Waals surface area contributed by atoms with Crippen molar-refractivity contribution < 1.29 is 58.1 Å². The third-order valence-electron chi connectivity index (χ3n) is 8.21. The molecule has 1 amide bonds. The lowest BCUT2D eigenvalue weighted by atomic mass is 9.92. The predicted molar refractivity (Wildman–Crippen MR) is 158 cm³/mol. The predicted octanol–water partition coefficient (Wildman–Crippen LogP) is -1.67. The van der Waals surface area contributed by atoms with E-state index in [2.05, 4.69) is 5.32 Å². The summed E-state index contributed by atoms with van der Waals surface area (Å²) in [6, 6.07) is -1.82. The number of ether oxygens (including phenoxy) is 7. The molecule has 0 aromatic heterocycles. The van der Waals surface area contributed by atoms with Crippen molar-refractivity contribution in [3.63, 3.8) is 0 Å². The molecule has 6 radical (unpaired) electrons. The van der Waals surface area contributed by atoms with Gasteiger partial charge >= 0.3 is 5.97 Å². The molecule has 14 atom stereocenters. The van der Waals surface area contributed by atoms with E-state index >= 15 is 0 Å². The van der Waals surface area contributed by atoms with Crippen LogP contribution in [0.3, 0.4) is 0 Å². The Labute approximate surface area is 263 Å². The van der Waals surface area contributed by atoms with Crippen molar-refractivity contribution in [1.82, 2.24) is 5.32 Å². The molecule has 4 N–H and O–H groups in total. The minimum atomic E-state index is -0.803. The molecule has 0 saturated carbocycles. The number of esters is 1. The number of amides is 1. The van der Waals surface area contributed by atoms with Crippen molar-refractivity contribution in [2.75, 3.05) is 20.3 Å². The molecule has 4 fully saturated rings. The van der Waals surface area contributed by atoms with Crippen LogP contribution in [0.4, 0.5) is 0 Å². The van der Waals surface area contributed by atoms with Gasteiger partial charge in [0.05, 0.1) is 44.1 Å². The van der Waals surface area contributed by atoms with Gasteiger partial charge in [-0.3, -0.25) is 9.59 Å². The van der Waals surface area contributed by atoms with Gasteiger partial charge in [0, 0.05) is 37.9 Å². The highest BCUT2D eigenvalue weighted by molar-refractivity contribution is 6.12. The fraction of sp³-hybridized carbons (Fsp3) is 0.929. The summed E-state index contributed by atoms with van der Waals surface area (Å²) in [6.07, 6.45) is -3.22. The fourth-order valence-corrected chi connectivity index (χ4v) is 5.68. The first-order chi connectivity index (χ1) is 20.9. The molecule has 4 heterocycles. The van der Waals surface area contributed by atoms with Crippen LogP contribution in [0.5, 0.6) is 0 Å². The molecule has 4 unspecified atom stereocenters. The number of aliphatic hydroxyl groups is 3. The molecule has 0 aromatic rings. The van der Waals surface area contributed by atoms with Crippen LogP contribution >= 0.6 is 0 Å². The number of carbonyl (C=O) groups excluding carboxylic acids is 2. The van der Waals surface area contributed by atoms with E-state index in [1.807, 2.05) is 20.8 Å². The molecule has 4 rings (SSSR count). The first-order valence-corrected chi connectivity index (χ1v) is 15.4. The SMILES string of the molecule is [B][C@@H]1O[C@H](CC)C(O)[C@@H]1OC[C@H]1O[C@@H](C)CC1OC(=O)CCC(=O)NC.[B][C@@H]1O[C@H](CC)C(O)[C@@H]1OC[C@H]1O[C@@H]([B])CC1O. The topological polar surface area (TPSA) is 171 Å². The molecule has 0 bridgehead atoms.